The van der Waals surface area contributed by atoms with Gasteiger partial charge in [0, 0.05) is 42.7 Å². The number of para-hydroxylation sites is 1. The molecule has 2 aromatic carbocycles. The molecule has 1 fully saturated rings. The number of carbonyl (C=O) groups excluding carboxylic acids is 1. The average molecular weight is 461 g/mol. The minimum Gasteiger partial charge on any atom is -0.493 e. The number of anilines is 2. The van der Waals surface area contributed by atoms with Crippen molar-refractivity contribution in [1.82, 2.24) is 20.3 Å². The summed E-state index contributed by atoms with van der Waals surface area (Å²) >= 11 is 0. The molecule has 0 saturated carbocycles. The second-order valence-corrected chi connectivity index (χ2v) is 8.52. The van der Waals surface area contributed by atoms with Crippen molar-refractivity contribution in [3.8, 4) is 11.5 Å². The van der Waals surface area contributed by atoms with Crippen LogP contribution in [-0.4, -0.2) is 54.7 Å². The van der Waals surface area contributed by atoms with Gasteiger partial charge in [0.2, 0.25) is 5.95 Å². The summed E-state index contributed by atoms with van der Waals surface area (Å²) in [5.74, 6) is 2.56. The molecule has 9 heteroatoms. The van der Waals surface area contributed by atoms with Crippen molar-refractivity contribution in [2.75, 3.05) is 44.5 Å². The van der Waals surface area contributed by atoms with Crippen LogP contribution in [-0.2, 0) is 0 Å². The molecule has 0 radical (unpaired) electrons. The fourth-order valence-corrected chi connectivity index (χ4v) is 4.55. The number of aromatic nitrogens is 3. The summed E-state index contributed by atoms with van der Waals surface area (Å²) in [6, 6.07) is 11.3. The Morgan fingerprint density at radius 1 is 1.15 bits per heavy atom. The van der Waals surface area contributed by atoms with Gasteiger partial charge in [-0.2, -0.15) is 4.98 Å². The van der Waals surface area contributed by atoms with E-state index in [1.165, 1.54) is 0 Å². The lowest BCUT2D eigenvalue weighted by atomic mass is 9.97. The van der Waals surface area contributed by atoms with E-state index < -0.39 is 0 Å². The highest BCUT2D eigenvalue weighted by Gasteiger charge is 2.23. The van der Waals surface area contributed by atoms with Crippen molar-refractivity contribution >= 4 is 39.5 Å². The number of fused-ring (bicyclic) bond motifs is 2. The molecule has 2 aromatic heterocycles. The van der Waals surface area contributed by atoms with Gasteiger partial charge in [-0.1, -0.05) is 12.1 Å². The summed E-state index contributed by atoms with van der Waals surface area (Å²) in [5, 5.41) is 4.87. The number of rotatable bonds is 6. The molecule has 0 aliphatic carbocycles. The maximum atomic E-state index is 12.8. The van der Waals surface area contributed by atoms with Gasteiger partial charge in [0.05, 0.1) is 30.8 Å². The molecule has 4 aromatic rings. The van der Waals surface area contributed by atoms with E-state index in [1.54, 1.807) is 20.3 Å². The van der Waals surface area contributed by atoms with Crippen LogP contribution in [0.5, 0.6) is 11.5 Å². The van der Waals surface area contributed by atoms with E-state index in [2.05, 4.69) is 20.2 Å². The van der Waals surface area contributed by atoms with Gasteiger partial charge in [0.1, 0.15) is 5.82 Å². The molecule has 4 N–H and O–H groups in total. The summed E-state index contributed by atoms with van der Waals surface area (Å²) < 4.78 is 10.8. The van der Waals surface area contributed by atoms with E-state index in [9.17, 15) is 4.79 Å². The van der Waals surface area contributed by atoms with E-state index in [1.807, 2.05) is 36.5 Å². The molecule has 3 heterocycles. The number of piperidine rings is 1. The van der Waals surface area contributed by atoms with E-state index in [0.717, 1.165) is 42.2 Å². The van der Waals surface area contributed by atoms with Gasteiger partial charge in [-0.15, -0.1) is 0 Å². The molecule has 1 aliphatic heterocycles. The third-order valence-corrected chi connectivity index (χ3v) is 6.50. The van der Waals surface area contributed by atoms with E-state index in [4.69, 9.17) is 20.2 Å². The summed E-state index contributed by atoms with van der Waals surface area (Å²) in [6.07, 6.45) is 3.71. The number of aromatic amines is 1. The van der Waals surface area contributed by atoms with Crippen molar-refractivity contribution in [3.05, 3.63) is 48.2 Å². The van der Waals surface area contributed by atoms with Crippen LogP contribution in [0.2, 0.25) is 0 Å². The van der Waals surface area contributed by atoms with Gasteiger partial charge in [-0.3, -0.25) is 4.79 Å². The number of hydrogen-bond acceptors (Lipinski definition) is 7. The van der Waals surface area contributed by atoms with E-state index in [-0.39, 0.29) is 5.91 Å². The van der Waals surface area contributed by atoms with E-state index in [0.29, 0.717) is 46.8 Å². The van der Waals surface area contributed by atoms with E-state index >= 15 is 0 Å². The average Bonchev–Trinajstić information content (AvgIpc) is 3.36. The van der Waals surface area contributed by atoms with Crippen LogP contribution in [0.3, 0.4) is 0 Å². The zero-order chi connectivity index (χ0) is 23.7. The standard InChI is InChI=1S/C25H28N6O3/c1-33-20-12-18-19(13-21(20)34-2)29-25(30-23(18)26)31-10-7-15(8-11-31)14-28-24(32)17-5-3-4-16-6-9-27-22(16)17/h3-6,9,12-13,15,27H,7-8,10-11,14H2,1-2H3,(H,28,32)(H2,26,29,30). The van der Waals surface area contributed by atoms with Crippen LogP contribution in [0, 0.1) is 5.92 Å². The highest BCUT2D eigenvalue weighted by Crippen LogP contribution is 2.34. The number of methoxy groups -OCH3 is 2. The highest BCUT2D eigenvalue weighted by atomic mass is 16.5. The second-order valence-electron chi connectivity index (χ2n) is 8.52. The van der Waals surface area contributed by atoms with Gasteiger partial charge in [-0.25, -0.2) is 4.98 Å². The van der Waals surface area contributed by atoms with Crippen molar-refractivity contribution in [2.45, 2.75) is 12.8 Å². The SMILES string of the molecule is COc1cc2nc(N3CCC(CNC(=O)c4cccc5cc[nH]c45)CC3)nc(N)c2cc1OC. The largest absolute Gasteiger partial charge is 0.493 e. The van der Waals surface area contributed by atoms with Crippen LogP contribution in [0.1, 0.15) is 23.2 Å². The Kier molecular flexibility index (Phi) is 5.83. The molecular formula is C25H28N6O3. The Balaban J connectivity index is 1.23. The first-order valence-corrected chi connectivity index (χ1v) is 11.4. The molecule has 176 valence electrons. The number of hydrogen-bond donors (Lipinski definition) is 3. The number of nitrogens with zero attached hydrogens (tertiary/aromatic N) is 3. The smallest absolute Gasteiger partial charge is 0.253 e. The second kappa shape index (κ2) is 9.09. The monoisotopic (exact) mass is 460 g/mol. The summed E-state index contributed by atoms with van der Waals surface area (Å²) in [5.41, 5.74) is 8.51. The first kappa shape index (κ1) is 21.8. The first-order chi connectivity index (χ1) is 16.6. The third-order valence-electron chi connectivity index (χ3n) is 6.50. The van der Waals surface area contributed by atoms with Gasteiger partial charge >= 0.3 is 0 Å². The lowest BCUT2D eigenvalue weighted by molar-refractivity contribution is 0.0946. The van der Waals surface area contributed by atoms with Crippen molar-refractivity contribution < 1.29 is 14.3 Å². The van der Waals surface area contributed by atoms with Crippen LogP contribution >= 0.6 is 0 Å². The van der Waals surface area contributed by atoms with Crippen molar-refractivity contribution in [3.63, 3.8) is 0 Å². The number of nitrogen functional groups attached to an aromatic ring is 1. The Morgan fingerprint density at radius 3 is 2.68 bits per heavy atom. The minimum atomic E-state index is -0.0505. The lowest BCUT2D eigenvalue weighted by Gasteiger charge is -2.32. The Hall–Kier alpha value is -4.01. The third kappa shape index (κ3) is 4.05. The minimum absolute atomic E-state index is 0.0505. The van der Waals surface area contributed by atoms with Crippen LogP contribution in [0.25, 0.3) is 21.8 Å². The maximum Gasteiger partial charge on any atom is 0.253 e. The maximum absolute atomic E-state index is 12.8. The molecule has 5 rings (SSSR count). The number of H-pyrrole nitrogens is 1. The molecule has 1 amide bonds. The van der Waals surface area contributed by atoms with Crippen molar-refractivity contribution in [2.24, 2.45) is 5.92 Å². The van der Waals surface area contributed by atoms with Gasteiger partial charge in [-0.05, 0) is 37.0 Å². The van der Waals surface area contributed by atoms with Gasteiger partial charge in [0.25, 0.3) is 5.91 Å². The Bertz CT molecular complexity index is 1340. The predicted octanol–water partition coefficient (Wildman–Crippen LogP) is 3.36. The summed E-state index contributed by atoms with van der Waals surface area (Å²) in [6.45, 7) is 2.23. The van der Waals surface area contributed by atoms with Gasteiger partial charge < -0.3 is 30.4 Å². The molecule has 9 nitrogen and oxygen atoms in total. The number of amides is 1. The summed E-state index contributed by atoms with van der Waals surface area (Å²) in [4.78, 5) is 27.3. The Morgan fingerprint density at radius 2 is 1.91 bits per heavy atom. The van der Waals surface area contributed by atoms with Crippen LogP contribution in [0.4, 0.5) is 11.8 Å². The molecule has 34 heavy (non-hydrogen) atoms. The fraction of sp³-hybridized carbons (Fsp3) is 0.320. The molecule has 0 spiro atoms. The topological polar surface area (TPSA) is 118 Å². The number of benzene rings is 2. The number of nitrogens with two attached hydrogens (primary N) is 1. The zero-order valence-electron chi connectivity index (χ0n) is 19.3. The fourth-order valence-electron chi connectivity index (χ4n) is 4.55. The normalized spacial score (nSPS) is 14.5. The predicted molar refractivity (Wildman–Crippen MR) is 133 cm³/mol. The number of nitrogens with one attached hydrogen (secondary N) is 2. The highest BCUT2D eigenvalue weighted by molar-refractivity contribution is 6.05. The quantitative estimate of drug-likeness (QED) is 0.404. The van der Waals surface area contributed by atoms with Crippen LogP contribution in [0.15, 0.2) is 42.6 Å². The molecule has 0 bridgehead atoms. The molecule has 0 atom stereocenters. The molecule has 0 unspecified atom stereocenters. The van der Waals surface area contributed by atoms with Gasteiger partial charge in [0.15, 0.2) is 11.5 Å². The molecule has 1 saturated heterocycles. The molecule has 1 aliphatic rings. The number of ether oxygens (including phenoxy) is 2. The van der Waals surface area contributed by atoms with Crippen LogP contribution < -0.4 is 25.4 Å². The lowest BCUT2D eigenvalue weighted by Crippen LogP contribution is -2.39. The van der Waals surface area contributed by atoms with Crippen molar-refractivity contribution in [1.29, 1.82) is 0 Å². The number of carbonyl (C=O) groups is 1. The molecular weight excluding hydrogens is 432 g/mol. The zero-order valence-corrected chi connectivity index (χ0v) is 19.3. The first-order valence-electron chi connectivity index (χ1n) is 11.4. The Labute approximate surface area is 197 Å². The summed E-state index contributed by atoms with van der Waals surface area (Å²) in [7, 11) is 3.18.